The molecular weight excluding hydrogens is 433 g/mol. The van der Waals surface area contributed by atoms with E-state index in [1.54, 1.807) is 13.8 Å². The van der Waals surface area contributed by atoms with Crippen LogP contribution in [0.4, 0.5) is 0 Å². The van der Waals surface area contributed by atoms with E-state index in [9.17, 15) is 9.59 Å². The molecule has 0 aromatic heterocycles. The van der Waals surface area contributed by atoms with Gasteiger partial charge in [0.1, 0.15) is 10.8 Å². The molecule has 11 heteroatoms. The van der Waals surface area contributed by atoms with Crippen LogP contribution in [0.1, 0.15) is 27.7 Å². The standard InChI is InChI=1S/C12H18Cl2N2O2.2ClH.Co.2H3N/c1-7(11(13)9(3)17)15-5-6-16-8(2)12(14)10(4)18;;;;;/h11-12H,5-6H2,1-4H3;2*1H;;2*1H3/q;;;+2;;/p-2. The second kappa shape index (κ2) is 20.3. The van der Waals surface area contributed by atoms with Gasteiger partial charge in [0.2, 0.25) is 0 Å². The zero-order valence-corrected chi connectivity index (χ0v) is 17.6. The van der Waals surface area contributed by atoms with Crippen LogP contribution < -0.4 is 37.1 Å². The smallest absolute Gasteiger partial charge is 1.00 e. The summed E-state index contributed by atoms with van der Waals surface area (Å²) in [6.07, 6.45) is 0. The second-order valence-corrected chi connectivity index (χ2v) is 4.87. The van der Waals surface area contributed by atoms with Gasteiger partial charge in [0.05, 0.1) is 13.1 Å². The Kier molecular flexibility index (Phi) is 34.2. The molecule has 0 aliphatic heterocycles. The Bertz CT molecular complexity index is 359. The largest absolute Gasteiger partial charge is 2.00 e. The van der Waals surface area contributed by atoms with Gasteiger partial charge in [-0.25, -0.2) is 0 Å². The average Bonchev–Trinajstić information content (AvgIpc) is 2.31. The van der Waals surface area contributed by atoms with E-state index in [0.29, 0.717) is 24.5 Å². The molecule has 0 aliphatic carbocycles. The molecule has 1 radical (unpaired) electrons. The van der Waals surface area contributed by atoms with Crippen LogP contribution in [0.15, 0.2) is 9.98 Å². The van der Waals surface area contributed by atoms with Crippen molar-refractivity contribution in [3.8, 4) is 0 Å². The molecule has 0 spiro atoms. The summed E-state index contributed by atoms with van der Waals surface area (Å²) in [6, 6.07) is 0. The summed E-state index contributed by atoms with van der Waals surface area (Å²) in [5, 5.41) is -1.35. The molecule has 0 fully saturated rings. The SMILES string of the molecule is CC(=O)C(Cl)C(C)=NCCN=C(C)C(Cl)C(C)=O.N.N.[Cl-].[Cl-].[Co+2]. The molecule has 0 amide bonds. The van der Waals surface area contributed by atoms with E-state index >= 15 is 0 Å². The molecule has 0 aliphatic rings. The van der Waals surface area contributed by atoms with Gasteiger partial charge in [-0.05, 0) is 27.7 Å². The maximum Gasteiger partial charge on any atom is 2.00 e. The van der Waals surface area contributed by atoms with Gasteiger partial charge in [0, 0.05) is 11.4 Å². The van der Waals surface area contributed by atoms with Crippen molar-refractivity contribution in [2.75, 3.05) is 13.1 Å². The quantitative estimate of drug-likeness (QED) is 0.235. The van der Waals surface area contributed by atoms with Crippen molar-refractivity contribution < 1.29 is 51.2 Å². The van der Waals surface area contributed by atoms with E-state index in [2.05, 4.69) is 9.98 Å². The molecule has 0 heterocycles. The van der Waals surface area contributed by atoms with Crippen molar-refractivity contribution in [2.24, 2.45) is 9.98 Å². The third-order valence-corrected chi connectivity index (χ3v) is 3.52. The van der Waals surface area contributed by atoms with Crippen molar-refractivity contribution in [1.29, 1.82) is 0 Å². The van der Waals surface area contributed by atoms with Gasteiger partial charge in [-0.15, -0.1) is 23.2 Å². The third-order valence-electron chi connectivity index (χ3n) is 2.27. The fourth-order valence-electron chi connectivity index (χ4n) is 1.20. The predicted octanol–water partition coefficient (Wildman–Crippen LogP) is -3.37. The monoisotopic (exact) mass is 455 g/mol. The van der Waals surface area contributed by atoms with Gasteiger partial charge in [-0.2, -0.15) is 0 Å². The van der Waals surface area contributed by atoms with E-state index in [4.69, 9.17) is 23.2 Å². The number of hydrogen-bond donors (Lipinski definition) is 2. The minimum absolute atomic E-state index is 0. The maximum atomic E-state index is 11.0. The molecule has 0 aromatic carbocycles. The minimum Gasteiger partial charge on any atom is -1.00 e. The molecule has 0 rings (SSSR count). The average molecular weight is 457 g/mol. The number of rotatable bonds is 7. The molecule has 141 valence electrons. The topological polar surface area (TPSA) is 129 Å². The third kappa shape index (κ3) is 16.9. The van der Waals surface area contributed by atoms with Crippen molar-refractivity contribution in [3.05, 3.63) is 0 Å². The molecular formula is C12H24Cl4CoN4O2. The van der Waals surface area contributed by atoms with Crippen molar-refractivity contribution in [1.82, 2.24) is 12.3 Å². The summed E-state index contributed by atoms with van der Waals surface area (Å²) in [7, 11) is 0. The predicted molar refractivity (Wildman–Crippen MR) is 86.6 cm³/mol. The number of Topliss-reactive ketones (excluding diaryl/α,β-unsaturated/α-hetero) is 2. The summed E-state index contributed by atoms with van der Waals surface area (Å²) in [6.45, 7) is 7.08. The summed E-state index contributed by atoms with van der Waals surface area (Å²) >= 11 is 11.6. The first-order valence-electron chi connectivity index (χ1n) is 5.58. The second-order valence-electron chi connectivity index (χ2n) is 3.99. The van der Waals surface area contributed by atoms with Gasteiger partial charge < -0.3 is 37.1 Å². The molecule has 2 atom stereocenters. The van der Waals surface area contributed by atoms with E-state index < -0.39 is 10.8 Å². The molecule has 2 unspecified atom stereocenters. The van der Waals surface area contributed by atoms with Gasteiger partial charge >= 0.3 is 16.8 Å². The van der Waals surface area contributed by atoms with Crippen LogP contribution in [0.25, 0.3) is 0 Å². The van der Waals surface area contributed by atoms with Crippen molar-refractivity contribution in [2.45, 2.75) is 38.4 Å². The minimum atomic E-state index is -0.673. The van der Waals surface area contributed by atoms with Gasteiger partial charge in [0.15, 0.2) is 11.6 Å². The number of alkyl halides is 2. The van der Waals surface area contributed by atoms with E-state index in [1.807, 2.05) is 0 Å². The van der Waals surface area contributed by atoms with Crippen LogP contribution in [0.2, 0.25) is 0 Å². The normalized spacial score (nSPS) is 12.8. The summed E-state index contributed by atoms with van der Waals surface area (Å²) in [5.74, 6) is -0.259. The first-order chi connectivity index (χ1) is 8.27. The van der Waals surface area contributed by atoms with Crippen LogP contribution in [-0.2, 0) is 26.4 Å². The van der Waals surface area contributed by atoms with Crippen molar-refractivity contribution in [3.63, 3.8) is 0 Å². The number of ketones is 2. The molecule has 0 saturated heterocycles. The Hall–Kier alpha value is 0.266. The number of carbonyl (C=O) groups excluding carboxylic acids is 2. The molecule has 6 nitrogen and oxygen atoms in total. The van der Waals surface area contributed by atoms with Crippen LogP contribution in [0.3, 0.4) is 0 Å². The fraction of sp³-hybridized carbons (Fsp3) is 0.667. The Morgan fingerprint density at radius 3 is 1.17 bits per heavy atom. The Morgan fingerprint density at radius 1 is 0.783 bits per heavy atom. The van der Waals surface area contributed by atoms with Crippen LogP contribution in [-0.4, -0.2) is 46.8 Å². The van der Waals surface area contributed by atoms with Crippen LogP contribution in [0.5, 0.6) is 0 Å². The zero-order valence-electron chi connectivity index (χ0n) is 13.5. The first-order valence-corrected chi connectivity index (χ1v) is 6.45. The maximum absolute atomic E-state index is 11.0. The first kappa shape index (κ1) is 38.7. The van der Waals surface area contributed by atoms with Crippen LogP contribution in [0, 0.1) is 0 Å². The van der Waals surface area contributed by atoms with E-state index in [0.717, 1.165) is 0 Å². The zero-order chi connectivity index (χ0) is 14.3. The number of aliphatic imine (C=N–C) groups is 2. The van der Waals surface area contributed by atoms with Gasteiger partial charge in [-0.3, -0.25) is 19.6 Å². The molecule has 6 N–H and O–H groups in total. The van der Waals surface area contributed by atoms with Crippen LogP contribution >= 0.6 is 23.2 Å². The Labute approximate surface area is 170 Å². The Balaban J connectivity index is -0.000000144. The Morgan fingerprint density at radius 2 is 1.00 bits per heavy atom. The van der Waals surface area contributed by atoms with E-state index in [1.165, 1.54) is 13.8 Å². The molecule has 0 aromatic rings. The number of hydrogen-bond acceptors (Lipinski definition) is 6. The summed E-state index contributed by atoms with van der Waals surface area (Å²) in [5.41, 5.74) is 1.15. The number of halogens is 4. The molecule has 0 saturated carbocycles. The number of carbonyl (C=O) groups is 2. The number of nitrogens with zero attached hydrogens (tertiary/aromatic N) is 2. The molecule has 0 bridgehead atoms. The van der Waals surface area contributed by atoms with Gasteiger partial charge in [-0.1, -0.05) is 0 Å². The molecule has 23 heavy (non-hydrogen) atoms. The fourth-order valence-corrected chi connectivity index (χ4v) is 1.34. The van der Waals surface area contributed by atoms with E-state index in [-0.39, 0.29) is 65.5 Å². The summed E-state index contributed by atoms with van der Waals surface area (Å²) in [4.78, 5) is 30.3. The van der Waals surface area contributed by atoms with Gasteiger partial charge in [0.25, 0.3) is 0 Å². The summed E-state index contributed by atoms with van der Waals surface area (Å²) < 4.78 is 0. The van der Waals surface area contributed by atoms with Crippen molar-refractivity contribution >= 4 is 46.2 Å².